The Morgan fingerprint density at radius 2 is 2.00 bits per heavy atom. The second-order valence-corrected chi connectivity index (χ2v) is 4.08. The molecule has 5 nitrogen and oxygen atoms in total. The molecule has 1 aromatic heterocycles. The average molecular weight is 258 g/mol. The number of furan rings is 1. The van der Waals surface area contributed by atoms with Gasteiger partial charge in [0.25, 0.3) is 5.91 Å². The fourth-order valence-corrected chi connectivity index (χ4v) is 1.77. The maximum Gasteiger partial charge on any atom is 0.259 e. The van der Waals surface area contributed by atoms with Crippen LogP contribution in [-0.2, 0) is 0 Å². The van der Waals surface area contributed by atoms with Crippen LogP contribution in [0.1, 0.15) is 28.6 Å². The van der Waals surface area contributed by atoms with Crippen LogP contribution in [0.5, 0.6) is 0 Å². The summed E-state index contributed by atoms with van der Waals surface area (Å²) in [5.41, 5.74) is 2.16. The largest absolute Gasteiger partial charge is 0.469 e. The van der Waals surface area contributed by atoms with E-state index in [0.717, 1.165) is 0 Å². The zero-order chi connectivity index (χ0) is 13.8. The van der Waals surface area contributed by atoms with Gasteiger partial charge in [-0.3, -0.25) is 4.79 Å². The molecule has 0 spiro atoms. The van der Waals surface area contributed by atoms with Crippen molar-refractivity contribution >= 4 is 17.3 Å². The van der Waals surface area contributed by atoms with Crippen LogP contribution in [-0.4, -0.2) is 16.8 Å². The molecule has 0 unspecified atom stereocenters. The zero-order valence-corrected chi connectivity index (χ0v) is 10.7. The lowest BCUT2D eigenvalue weighted by molar-refractivity contribution is 0.102. The molecular weight excluding hydrogens is 244 g/mol. The van der Waals surface area contributed by atoms with E-state index >= 15 is 0 Å². The molecule has 2 rings (SSSR count). The highest BCUT2D eigenvalue weighted by Gasteiger charge is 2.14. The smallest absolute Gasteiger partial charge is 0.259 e. The highest BCUT2D eigenvalue weighted by Crippen LogP contribution is 2.18. The van der Waals surface area contributed by atoms with Crippen molar-refractivity contribution in [1.82, 2.24) is 0 Å². The fraction of sp³-hybridized carbons (Fsp3) is 0.143. The Hall–Kier alpha value is -2.56. The third kappa shape index (κ3) is 2.65. The summed E-state index contributed by atoms with van der Waals surface area (Å²) in [5.74, 6) is 0.298. The van der Waals surface area contributed by atoms with Crippen LogP contribution in [0.15, 0.2) is 46.2 Å². The number of rotatable bonds is 3. The van der Waals surface area contributed by atoms with Gasteiger partial charge in [-0.15, -0.1) is 0 Å². The topological polar surface area (TPSA) is 74.8 Å². The van der Waals surface area contributed by atoms with E-state index in [2.05, 4.69) is 10.5 Å². The first kappa shape index (κ1) is 12.9. The highest BCUT2D eigenvalue weighted by molar-refractivity contribution is 6.10. The minimum absolute atomic E-state index is 0.260. The number of carbonyl (C=O) groups is 1. The van der Waals surface area contributed by atoms with Gasteiger partial charge in [0.05, 0.1) is 23.2 Å². The van der Waals surface area contributed by atoms with Crippen molar-refractivity contribution in [3.05, 3.63) is 53.5 Å². The van der Waals surface area contributed by atoms with Gasteiger partial charge in [0.15, 0.2) is 0 Å². The maximum absolute atomic E-state index is 12.1. The van der Waals surface area contributed by atoms with Gasteiger partial charge < -0.3 is 14.9 Å². The minimum Gasteiger partial charge on any atom is -0.469 e. The summed E-state index contributed by atoms with van der Waals surface area (Å²) < 4.78 is 5.10. The predicted octanol–water partition coefficient (Wildman–Crippen LogP) is 3.04. The van der Waals surface area contributed by atoms with Crippen molar-refractivity contribution in [1.29, 1.82) is 0 Å². The highest BCUT2D eigenvalue weighted by atomic mass is 16.4. The number of nitrogens with one attached hydrogen (secondary N) is 1. The molecule has 0 saturated carbocycles. The molecule has 1 aromatic carbocycles. The normalized spacial score (nSPS) is 11.4. The first-order valence-corrected chi connectivity index (χ1v) is 5.77. The van der Waals surface area contributed by atoms with Crippen molar-refractivity contribution in [3.8, 4) is 0 Å². The number of hydrogen-bond donors (Lipinski definition) is 2. The number of oxime groups is 1. The van der Waals surface area contributed by atoms with Gasteiger partial charge in [-0.05, 0) is 26.0 Å². The van der Waals surface area contributed by atoms with E-state index in [-0.39, 0.29) is 5.91 Å². The molecule has 2 aromatic rings. The van der Waals surface area contributed by atoms with E-state index in [0.29, 0.717) is 28.3 Å². The van der Waals surface area contributed by atoms with Gasteiger partial charge in [0.2, 0.25) is 0 Å². The number of amides is 1. The molecule has 0 aliphatic rings. The molecule has 0 fully saturated rings. The predicted molar refractivity (Wildman–Crippen MR) is 71.8 cm³/mol. The molecule has 0 radical (unpaired) electrons. The summed E-state index contributed by atoms with van der Waals surface area (Å²) in [6.45, 7) is 3.38. The van der Waals surface area contributed by atoms with Gasteiger partial charge in [-0.2, -0.15) is 0 Å². The van der Waals surface area contributed by atoms with E-state index in [4.69, 9.17) is 9.62 Å². The van der Waals surface area contributed by atoms with E-state index in [1.54, 1.807) is 38.1 Å². The molecule has 0 bridgehead atoms. The van der Waals surface area contributed by atoms with Gasteiger partial charge in [-0.25, -0.2) is 0 Å². The van der Waals surface area contributed by atoms with E-state index < -0.39 is 0 Å². The molecule has 19 heavy (non-hydrogen) atoms. The third-order valence-electron chi connectivity index (χ3n) is 2.82. The summed E-state index contributed by atoms with van der Waals surface area (Å²) in [6, 6.07) is 8.74. The Kier molecular flexibility index (Phi) is 3.66. The molecule has 0 saturated heterocycles. The molecule has 0 atom stereocenters. The lowest BCUT2D eigenvalue weighted by atomic mass is 10.1. The third-order valence-corrected chi connectivity index (χ3v) is 2.82. The van der Waals surface area contributed by atoms with Crippen molar-refractivity contribution in [3.63, 3.8) is 0 Å². The molecule has 98 valence electrons. The average Bonchev–Trinajstić information content (AvgIpc) is 2.85. The number of anilines is 1. The first-order valence-electron chi connectivity index (χ1n) is 5.77. The molecule has 1 heterocycles. The van der Waals surface area contributed by atoms with Gasteiger partial charge in [0, 0.05) is 5.56 Å². The Bertz CT molecular complexity index is 629. The monoisotopic (exact) mass is 258 g/mol. The molecule has 0 aliphatic heterocycles. The van der Waals surface area contributed by atoms with Crippen LogP contribution in [0.4, 0.5) is 5.69 Å². The van der Waals surface area contributed by atoms with Crippen LogP contribution in [0, 0.1) is 6.92 Å². The molecule has 1 amide bonds. The number of para-hydroxylation sites is 1. The van der Waals surface area contributed by atoms with E-state index in [9.17, 15) is 4.79 Å². The Labute approximate surface area is 110 Å². The number of carbonyl (C=O) groups excluding carboxylic acids is 1. The minimum atomic E-state index is -0.260. The van der Waals surface area contributed by atoms with E-state index in [1.807, 2.05) is 6.07 Å². The van der Waals surface area contributed by atoms with Crippen molar-refractivity contribution in [2.45, 2.75) is 13.8 Å². The molecule has 0 aliphatic carbocycles. The van der Waals surface area contributed by atoms with Crippen molar-refractivity contribution in [2.24, 2.45) is 5.16 Å². The van der Waals surface area contributed by atoms with Crippen molar-refractivity contribution in [2.75, 3.05) is 5.32 Å². The number of aryl methyl sites for hydroxylation is 1. The van der Waals surface area contributed by atoms with Crippen LogP contribution in [0.3, 0.4) is 0 Å². The number of nitrogens with zero attached hydrogens (tertiary/aromatic N) is 1. The Balaban J connectivity index is 2.30. The summed E-state index contributed by atoms with van der Waals surface area (Å²) >= 11 is 0. The summed E-state index contributed by atoms with van der Waals surface area (Å²) in [4.78, 5) is 12.1. The van der Waals surface area contributed by atoms with Crippen molar-refractivity contribution < 1.29 is 14.4 Å². The zero-order valence-electron chi connectivity index (χ0n) is 10.7. The van der Waals surface area contributed by atoms with Crippen LogP contribution < -0.4 is 5.32 Å². The fourth-order valence-electron chi connectivity index (χ4n) is 1.77. The van der Waals surface area contributed by atoms with Crippen LogP contribution >= 0.6 is 0 Å². The lowest BCUT2D eigenvalue weighted by Gasteiger charge is -2.09. The Morgan fingerprint density at radius 1 is 1.26 bits per heavy atom. The summed E-state index contributed by atoms with van der Waals surface area (Å²) in [6.07, 6.45) is 1.47. The second-order valence-electron chi connectivity index (χ2n) is 4.08. The van der Waals surface area contributed by atoms with Crippen LogP contribution in [0.25, 0.3) is 0 Å². The van der Waals surface area contributed by atoms with Crippen LogP contribution in [0.2, 0.25) is 0 Å². The number of benzene rings is 1. The molecule has 2 N–H and O–H groups in total. The lowest BCUT2D eigenvalue weighted by Crippen LogP contribution is -2.14. The molecule has 5 heteroatoms. The first-order chi connectivity index (χ1) is 9.13. The van der Waals surface area contributed by atoms with Gasteiger partial charge in [-0.1, -0.05) is 23.4 Å². The maximum atomic E-state index is 12.1. The SMILES string of the molecule is C/C(=N\O)c1ccccc1NC(=O)c1ccoc1C. The summed E-state index contributed by atoms with van der Waals surface area (Å²) in [5, 5.41) is 14.8. The van der Waals surface area contributed by atoms with Gasteiger partial charge in [0.1, 0.15) is 5.76 Å². The van der Waals surface area contributed by atoms with Gasteiger partial charge >= 0.3 is 0 Å². The quantitative estimate of drug-likeness (QED) is 0.504. The summed E-state index contributed by atoms with van der Waals surface area (Å²) in [7, 11) is 0. The standard InChI is InChI=1S/C14H14N2O3/c1-9(16-18)11-5-3-4-6-13(11)15-14(17)12-7-8-19-10(12)2/h3-8,18H,1-2H3,(H,15,17)/b16-9+. The number of hydrogen-bond acceptors (Lipinski definition) is 4. The molecular formula is C14H14N2O3. The van der Waals surface area contributed by atoms with E-state index in [1.165, 1.54) is 6.26 Å². The Morgan fingerprint density at radius 3 is 2.63 bits per heavy atom. The second kappa shape index (κ2) is 5.39.